The minimum absolute atomic E-state index is 0. The van der Waals surface area contributed by atoms with E-state index in [0.717, 1.165) is 6.42 Å². The first-order chi connectivity index (χ1) is 8.31. The van der Waals surface area contributed by atoms with Crippen molar-refractivity contribution in [2.45, 2.75) is 58.3 Å². The number of aliphatic hydroxyl groups excluding tert-OH is 1. The highest BCUT2D eigenvalue weighted by atomic mass is 35.5. The average molecular weight is 295 g/mol. The van der Waals surface area contributed by atoms with Gasteiger partial charge in [-0.1, -0.05) is 20.8 Å². The average Bonchev–Trinajstić information content (AvgIpc) is 2.72. The van der Waals surface area contributed by atoms with Gasteiger partial charge in [0.1, 0.15) is 6.10 Å². The summed E-state index contributed by atoms with van der Waals surface area (Å²) in [5.74, 6) is -0.140. The summed E-state index contributed by atoms with van der Waals surface area (Å²) in [4.78, 5) is 11.8. The van der Waals surface area contributed by atoms with Crippen LogP contribution in [0.4, 0.5) is 0 Å². The van der Waals surface area contributed by atoms with Gasteiger partial charge in [0.05, 0.1) is 12.2 Å². The van der Waals surface area contributed by atoms with Gasteiger partial charge in [-0.3, -0.25) is 4.79 Å². The van der Waals surface area contributed by atoms with Crippen molar-refractivity contribution in [3.63, 3.8) is 0 Å². The molecule has 0 aromatic rings. The zero-order valence-electron chi connectivity index (χ0n) is 12.0. The smallest absolute Gasteiger partial charge is 0.249 e. The van der Waals surface area contributed by atoms with E-state index in [1.54, 1.807) is 0 Å². The molecule has 19 heavy (non-hydrogen) atoms. The van der Waals surface area contributed by atoms with Crippen molar-refractivity contribution in [2.24, 2.45) is 11.1 Å². The van der Waals surface area contributed by atoms with E-state index in [1.807, 2.05) is 0 Å². The van der Waals surface area contributed by atoms with Gasteiger partial charge in [-0.05, 0) is 24.7 Å². The molecule has 114 valence electrons. The predicted molar refractivity (Wildman–Crippen MR) is 77.3 cm³/mol. The molecule has 0 aliphatic carbocycles. The number of hydrogen-bond acceptors (Lipinski definition) is 4. The molecule has 0 saturated carbocycles. The van der Waals surface area contributed by atoms with Gasteiger partial charge in [0, 0.05) is 13.1 Å². The van der Waals surface area contributed by atoms with Crippen molar-refractivity contribution in [3.8, 4) is 0 Å². The number of carbonyl (C=O) groups is 1. The Balaban J connectivity index is 0.00000324. The lowest BCUT2D eigenvalue weighted by Crippen LogP contribution is -2.40. The quantitative estimate of drug-likeness (QED) is 0.701. The van der Waals surface area contributed by atoms with Crippen LogP contribution in [0.1, 0.15) is 40.0 Å². The molecule has 1 fully saturated rings. The SMILES string of the molecule is CC(C)(C)CC(O)CNC(=O)[C@@H]1CC[C@H](CN)O1.Cl. The second kappa shape index (κ2) is 8.04. The third-order valence-electron chi connectivity index (χ3n) is 3.02. The maximum Gasteiger partial charge on any atom is 0.249 e. The van der Waals surface area contributed by atoms with Crippen LogP contribution in [0, 0.1) is 5.41 Å². The standard InChI is InChI=1S/C13H26N2O3.ClH/c1-13(2,3)6-9(16)8-15-12(17)11-5-4-10(7-14)18-11;/h9-11,16H,4-8,14H2,1-3H3,(H,15,17);1H/t9?,10-,11+;/m1./s1. The molecule has 1 aliphatic rings. The summed E-state index contributed by atoms with van der Waals surface area (Å²) in [6.45, 7) is 6.91. The van der Waals surface area contributed by atoms with E-state index in [2.05, 4.69) is 26.1 Å². The number of halogens is 1. The fraction of sp³-hybridized carbons (Fsp3) is 0.923. The van der Waals surface area contributed by atoms with Crippen LogP contribution in [-0.4, -0.2) is 42.4 Å². The van der Waals surface area contributed by atoms with E-state index >= 15 is 0 Å². The van der Waals surface area contributed by atoms with Gasteiger partial charge in [-0.2, -0.15) is 0 Å². The fourth-order valence-electron chi connectivity index (χ4n) is 2.18. The molecule has 1 heterocycles. The van der Waals surface area contributed by atoms with Crippen LogP contribution in [0.25, 0.3) is 0 Å². The van der Waals surface area contributed by atoms with Crippen molar-refractivity contribution >= 4 is 18.3 Å². The van der Waals surface area contributed by atoms with Crippen molar-refractivity contribution in [2.75, 3.05) is 13.1 Å². The molecule has 5 nitrogen and oxygen atoms in total. The van der Waals surface area contributed by atoms with Gasteiger partial charge >= 0.3 is 0 Å². The van der Waals surface area contributed by atoms with E-state index < -0.39 is 12.2 Å². The molecule has 1 saturated heterocycles. The van der Waals surface area contributed by atoms with Gasteiger partial charge in [-0.25, -0.2) is 0 Å². The zero-order chi connectivity index (χ0) is 13.8. The molecule has 6 heteroatoms. The molecule has 4 N–H and O–H groups in total. The topological polar surface area (TPSA) is 84.6 Å². The number of ether oxygens (including phenoxy) is 1. The summed E-state index contributed by atoms with van der Waals surface area (Å²) in [7, 11) is 0. The van der Waals surface area contributed by atoms with Crippen LogP contribution in [-0.2, 0) is 9.53 Å². The van der Waals surface area contributed by atoms with E-state index in [1.165, 1.54) is 0 Å². The second-order valence-electron chi connectivity index (χ2n) is 6.22. The second-order valence-corrected chi connectivity index (χ2v) is 6.22. The number of carbonyl (C=O) groups excluding carboxylic acids is 1. The van der Waals surface area contributed by atoms with Crippen LogP contribution in [0.15, 0.2) is 0 Å². The maximum absolute atomic E-state index is 11.8. The molecule has 0 radical (unpaired) electrons. The van der Waals surface area contributed by atoms with Crippen LogP contribution in [0.3, 0.4) is 0 Å². The largest absolute Gasteiger partial charge is 0.391 e. The van der Waals surface area contributed by atoms with Gasteiger partial charge in [-0.15, -0.1) is 12.4 Å². The van der Waals surface area contributed by atoms with Crippen LogP contribution in [0.2, 0.25) is 0 Å². The molecule has 3 atom stereocenters. The first-order valence-corrected chi connectivity index (χ1v) is 6.63. The summed E-state index contributed by atoms with van der Waals surface area (Å²) >= 11 is 0. The Kier molecular flexibility index (Phi) is 7.89. The minimum Gasteiger partial charge on any atom is -0.391 e. The van der Waals surface area contributed by atoms with Gasteiger partial charge in [0.15, 0.2) is 0 Å². The Morgan fingerprint density at radius 3 is 2.58 bits per heavy atom. The number of amides is 1. The number of rotatable bonds is 5. The summed E-state index contributed by atoms with van der Waals surface area (Å²) in [5.41, 5.74) is 5.55. The monoisotopic (exact) mass is 294 g/mol. The molecule has 0 bridgehead atoms. The van der Waals surface area contributed by atoms with Gasteiger partial charge in [0.2, 0.25) is 5.91 Å². The Morgan fingerprint density at radius 2 is 2.11 bits per heavy atom. The fourth-order valence-corrected chi connectivity index (χ4v) is 2.18. The summed E-state index contributed by atoms with van der Waals surface area (Å²) in [5, 5.41) is 12.5. The van der Waals surface area contributed by atoms with Gasteiger partial charge < -0.3 is 20.9 Å². The highest BCUT2D eigenvalue weighted by molar-refractivity contribution is 5.85. The van der Waals surface area contributed by atoms with E-state index in [4.69, 9.17) is 10.5 Å². The van der Waals surface area contributed by atoms with Gasteiger partial charge in [0.25, 0.3) is 0 Å². The molecule has 1 unspecified atom stereocenters. The molecule has 1 rings (SSSR count). The number of nitrogens with two attached hydrogens (primary N) is 1. The molecule has 1 aliphatic heterocycles. The van der Waals surface area contributed by atoms with Crippen molar-refractivity contribution < 1.29 is 14.6 Å². The van der Waals surface area contributed by atoms with Crippen molar-refractivity contribution in [1.82, 2.24) is 5.32 Å². The summed E-state index contributed by atoms with van der Waals surface area (Å²) in [6.07, 6.45) is 1.29. The van der Waals surface area contributed by atoms with Crippen LogP contribution < -0.4 is 11.1 Å². The Bertz CT molecular complexity index is 282. The lowest BCUT2D eigenvalue weighted by Gasteiger charge is -2.23. The molecule has 1 amide bonds. The van der Waals surface area contributed by atoms with E-state index in [0.29, 0.717) is 19.4 Å². The highest BCUT2D eigenvalue weighted by Gasteiger charge is 2.30. The maximum atomic E-state index is 11.8. The summed E-state index contributed by atoms with van der Waals surface area (Å²) < 4.78 is 5.49. The third kappa shape index (κ3) is 7.11. The van der Waals surface area contributed by atoms with E-state index in [9.17, 15) is 9.90 Å². The first kappa shape index (κ1) is 18.6. The van der Waals surface area contributed by atoms with Crippen LogP contribution in [0.5, 0.6) is 0 Å². The first-order valence-electron chi connectivity index (χ1n) is 6.63. The Morgan fingerprint density at radius 1 is 1.47 bits per heavy atom. The van der Waals surface area contributed by atoms with Crippen molar-refractivity contribution in [3.05, 3.63) is 0 Å². The zero-order valence-corrected chi connectivity index (χ0v) is 12.8. The number of nitrogens with one attached hydrogen (secondary N) is 1. The molecular formula is C13H27ClN2O3. The third-order valence-corrected chi connectivity index (χ3v) is 3.02. The Hall–Kier alpha value is -0.360. The molecule has 0 aromatic carbocycles. The van der Waals surface area contributed by atoms with E-state index in [-0.39, 0.29) is 36.4 Å². The van der Waals surface area contributed by atoms with Crippen LogP contribution >= 0.6 is 12.4 Å². The number of aliphatic hydroxyl groups is 1. The van der Waals surface area contributed by atoms with Crippen molar-refractivity contribution in [1.29, 1.82) is 0 Å². The number of hydrogen-bond donors (Lipinski definition) is 3. The summed E-state index contributed by atoms with van der Waals surface area (Å²) in [6, 6.07) is 0. The lowest BCUT2D eigenvalue weighted by atomic mass is 9.89. The normalized spacial score (nSPS) is 24.7. The molecular weight excluding hydrogens is 268 g/mol. The molecule has 0 spiro atoms. The minimum atomic E-state index is -0.513. The highest BCUT2D eigenvalue weighted by Crippen LogP contribution is 2.21. The predicted octanol–water partition coefficient (Wildman–Crippen LogP) is 0.828. The lowest BCUT2D eigenvalue weighted by molar-refractivity contribution is -0.132. The Labute approximate surface area is 121 Å². The molecule has 0 aromatic heterocycles.